The summed E-state index contributed by atoms with van der Waals surface area (Å²) in [7, 11) is 0. The second-order valence-corrected chi connectivity index (χ2v) is 4.07. The van der Waals surface area contributed by atoms with Gasteiger partial charge in [-0.25, -0.2) is 4.98 Å². The lowest BCUT2D eigenvalue weighted by atomic mass is 10.1. The number of nitrogen functional groups attached to an aromatic ring is 1. The van der Waals surface area contributed by atoms with Gasteiger partial charge in [-0.05, 0) is 24.3 Å². The van der Waals surface area contributed by atoms with Crippen molar-refractivity contribution in [3.05, 3.63) is 42.1 Å². The molecule has 0 aliphatic carbocycles. The van der Waals surface area contributed by atoms with Gasteiger partial charge in [0.05, 0.1) is 11.4 Å². The third-order valence-corrected chi connectivity index (χ3v) is 2.52. The molecule has 4 N–H and O–H groups in total. The predicted octanol–water partition coefficient (Wildman–Crippen LogP) is 2.33. The number of nitrogens with two attached hydrogens (primary N) is 2. The number of nitrogens with zero attached hydrogens (tertiary/aromatic N) is 1. The number of pyridine rings is 1. The molecular formula is C13H10F3N3O2. The lowest BCUT2D eigenvalue weighted by molar-refractivity contribution is -0.274. The third kappa shape index (κ3) is 3.62. The predicted molar refractivity (Wildman–Crippen MR) is 69.3 cm³/mol. The Hall–Kier alpha value is -2.77. The smallest absolute Gasteiger partial charge is 0.406 e. The molecule has 0 unspecified atom stereocenters. The Kier molecular flexibility index (Phi) is 3.70. The fourth-order valence-electron chi connectivity index (χ4n) is 1.68. The minimum atomic E-state index is -4.79. The Balaban J connectivity index is 2.41. The minimum Gasteiger partial charge on any atom is -0.406 e. The Labute approximate surface area is 117 Å². The highest BCUT2D eigenvalue weighted by Crippen LogP contribution is 2.27. The van der Waals surface area contributed by atoms with Crippen molar-refractivity contribution in [3.8, 4) is 17.0 Å². The average molecular weight is 297 g/mol. The molecule has 2 rings (SSSR count). The van der Waals surface area contributed by atoms with Gasteiger partial charge < -0.3 is 16.2 Å². The number of hydrogen-bond acceptors (Lipinski definition) is 4. The maximum Gasteiger partial charge on any atom is 0.573 e. The van der Waals surface area contributed by atoms with Gasteiger partial charge in [0.25, 0.3) is 5.91 Å². The van der Waals surface area contributed by atoms with Crippen molar-refractivity contribution in [1.82, 2.24) is 4.98 Å². The molecule has 21 heavy (non-hydrogen) atoms. The van der Waals surface area contributed by atoms with Gasteiger partial charge in [0.15, 0.2) is 5.69 Å². The normalized spacial score (nSPS) is 11.2. The number of anilines is 1. The van der Waals surface area contributed by atoms with Crippen LogP contribution in [0.2, 0.25) is 0 Å². The van der Waals surface area contributed by atoms with Crippen LogP contribution in [0.25, 0.3) is 11.3 Å². The Morgan fingerprint density at radius 1 is 1.19 bits per heavy atom. The first kappa shape index (κ1) is 14.6. The number of halogens is 3. The highest BCUT2D eigenvalue weighted by atomic mass is 19.4. The maximum absolute atomic E-state index is 12.2. The Morgan fingerprint density at radius 2 is 1.90 bits per heavy atom. The first-order valence-electron chi connectivity index (χ1n) is 5.69. The summed E-state index contributed by atoms with van der Waals surface area (Å²) in [5.41, 5.74) is 11.2. The first-order chi connectivity index (χ1) is 9.76. The molecule has 2 aromatic rings. The first-order valence-corrected chi connectivity index (χ1v) is 5.69. The van der Waals surface area contributed by atoms with Crippen LogP contribution in [0.1, 0.15) is 10.5 Å². The van der Waals surface area contributed by atoms with Crippen molar-refractivity contribution in [3.63, 3.8) is 0 Å². The van der Waals surface area contributed by atoms with Gasteiger partial charge in [0.2, 0.25) is 0 Å². The van der Waals surface area contributed by atoms with Crippen LogP contribution in [0.15, 0.2) is 36.4 Å². The number of carbonyl (C=O) groups excluding carboxylic acids is 1. The van der Waals surface area contributed by atoms with E-state index in [1.165, 1.54) is 24.3 Å². The van der Waals surface area contributed by atoms with Crippen LogP contribution >= 0.6 is 0 Å². The molecule has 0 aliphatic rings. The largest absolute Gasteiger partial charge is 0.573 e. The van der Waals surface area contributed by atoms with E-state index >= 15 is 0 Å². The van der Waals surface area contributed by atoms with E-state index in [0.29, 0.717) is 5.56 Å². The number of primary amides is 1. The maximum atomic E-state index is 12.2. The zero-order valence-electron chi connectivity index (χ0n) is 10.5. The Bertz CT molecular complexity index is 687. The fraction of sp³-hybridized carbons (Fsp3) is 0.0769. The summed E-state index contributed by atoms with van der Waals surface area (Å²) >= 11 is 0. The van der Waals surface area contributed by atoms with Crippen LogP contribution in [-0.4, -0.2) is 17.3 Å². The van der Waals surface area contributed by atoms with Gasteiger partial charge in [-0.3, -0.25) is 4.79 Å². The lowest BCUT2D eigenvalue weighted by Gasteiger charge is -2.10. The molecule has 1 heterocycles. The van der Waals surface area contributed by atoms with Crippen LogP contribution in [-0.2, 0) is 0 Å². The second kappa shape index (κ2) is 5.31. The number of ether oxygens (including phenoxy) is 1. The molecule has 0 saturated carbocycles. The van der Waals surface area contributed by atoms with E-state index in [1.54, 1.807) is 0 Å². The number of alkyl halides is 3. The number of hydrogen-bond donors (Lipinski definition) is 2. The molecule has 1 aromatic carbocycles. The molecule has 1 amide bonds. The van der Waals surface area contributed by atoms with E-state index in [4.69, 9.17) is 11.5 Å². The molecule has 0 aliphatic heterocycles. The molecule has 0 saturated heterocycles. The number of carbonyl (C=O) groups is 1. The fourth-order valence-corrected chi connectivity index (χ4v) is 1.68. The van der Waals surface area contributed by atoms with Crippen molar-refractivity contribution in [2.75, 3.05) is 5.73 Å². The standard InChI is InChI=1S/C13H10F3N3O2/c14-13(15,16)21-8-3-1-2-7(6-8)10-5-4-9(17)11(19-10)12(18)20/h1-6H,17H2,(H2,18,20). The van der Waals surface area contributed by atoms with Crippen molar-refractivity contribution in [2.45, 2.75) is 6.36 Å². The van der Waals surface area contributed by atoms with Gasteiger partial charge in [-0.1, -0.05) is 12.1 Å². The topological polar surface area (TPSA) is 91.2 Å². The van der Waals surface area contributed by atoms with Crippen LogP contribution in [0.3, 0.4) is 0 Å². The van der Waals surface area contributed by atoms with Crippen molar-refractivity contribution >= 4 is 11.6 Å². The zero-order valence-corrected chi connectivity index (χ0v) is 10.5. The Morgan fingerprint density at radius 3 is 2.52 bits per heavy atom. The lowest BCUT2D eigenvalue weighted by Crippen LogP contribution is -2.17. The van der Waals surface area contributed by atoms with E-state index < -0.39 is 12.3 Å². The molecule has 8 heteroatoms. The molecule has 0 spiro atoms. The summed E-state index contributed by atoms with van der Waals surface area (Å²) in [5, 5.41) is 0. The van der Waals surface area contributed by atoms with E-state index in [2.05, 4.69) is 9.72 Å². The molecule has 0 atom stereocenters. The van der Waals surface area contributed by atoms with E-state index in [9.17, 15) is 18.0 Å². The SMILES string of the molecule is NC(=O)c1nc(-c2cccc(OC(F)(F)F)c2)ccc1N. The quantitative estimate of drug-likeness (QED) is 0.909. The van der Waals surface area contributed by atoms with Crippen LogP contribution < -0.4 is 16.2 Å². The van der Waals surface area contributed by atoms with Crippen molar-refractivity contribution in [2.24, 2.45) is 5.73 Å². The monoisotopic (exact) mass is 297 g/mol. The highest BCUT2D eigenvalue weighted by molar-refractivity contribution is 5.96. The molecular weight excluding hydrogens is 287 g/mol. The number of benzene rings is 1. The van der Waals surface area contributed by atoms with Crippen molar-refractivity contribution in [1.29, 1.82) is 0 Å². The van der Waals surface area contributed by atoms with Gasteiger partial charge in [-0.15, -0.1) is 13.2 Å². The zero-order chi connectivity index (χ0) is 15.6. The number of rotatable bonds is 3. The van der Waals surface area contributed by atoms with Crippen LogP contribution in [0.5, 0.6) is 5.75 Å². The summed E-state index contributed by atoms with van der Waals surface area (Å²) in [6.45, 7) is 0. The summed E-state index contributed by atoms with van der Waals surface area (Å²) in [6.07, 6.45) is -4.79. The average Bonchev–Trinajstić information content (AvgIpc) is 2.37. The minimum absolute atomic E-state index is 0.0916. The molecule has 0 fully saturated rings. The van der Waals surface area contributed by atoms with Gasteiger partial charge in [0, 0.05) is 5.56 Å². The summed E-state index contributed by atoms with van der Waals surface area (Å²) in [5.74, 6) is -1.21. The van der Waals surface area contributed by atoms with Gasteiger partial charge >= 0.3 is 6.36 Å². The molecule has 1 aromatic heterocycles. The van der Waals surface area contributed by atoms with Crippen LogP contribution in [0.4, 0.5) is 18.9 Å². The van der Waals surface area contributed by atoms with Gasteiger partial charge in [0.1, 0.15) is 5.75 Å². The van der Waals surface area contributed by atoms with Crippen molar-refractivity contribution < 1.29 is 22.7 Å². The van der Waals surface area contributed by atoms with Crippen LogP contribution in [0, 0.1) is 0 Å². The molecule has 0 bridgehead atoms. The van der Waals surface area contributed by atoms with E-state index in [-0.39, 0.29) is 22.8 Å². The number of amides is 1. The van der Waals surface area contributed by atoms with Gasteiger partial charge in [-0.2, -0.15) is 0 Å². The summed E-state index contributed by atoms with van der Waals surface area (Å²) in [6, 6.07) is 8.07. The third-order valence-electron chi connectivity index (χ3n) is 2.52. The van der Waals surface area contributed by atoms with E-state index in [1.807, 2.05) is 0 Å². The summed E-state index contributed by atoms with van der Waals surface area (Å²) in [4.78, 5) is 15.1. The number of aromatic nitrogens is 1. The summed E-state index contributed by atoms with van der Waals surface area (Å²) < 4.78 is 40.4. The highest BCUT2D eigenvalue weighted by Gasteiger charge is 2.31. The molecule has 5 nitrogen and oxygen atoms in total. The second-order valence-electron chi connectivity index (χ2n) is 4.07. The molecule has 110 valence electrons. The molecule has 0 radical (unpaired) electrons. The van der Waals surface area contributed by atoms with E-state index in [0.717, 1.165) is 12.1 Å².